The minimum Gasteiger partial charge on any atom is -0.361 e. The average molecular weight is 458 g/mol. The van der Waals surface area contributed by atoms with Crippen molar-refractivity contribution in [2.45, 2.75) is 70.8 Å². The predicted molar refractivity (Wildman–Crippen MR) is 138 cm³/mol. The van der Waals surface area contributed by atoms with E-state index in [4.69, 9.17) is 0 Å². The van der Waals surface area contributed by atoms with E-state index in [1.165, 1.54) is 25.7 Å². The smallest absolute Gasteiger partial charge is 0.251 e. The van der Waals surface area contributed by atoms with Crippen LogP contribution in [-0.4, -0.2) is 22.8 Å². The first kappa shape index (κ1) is 22.7. The van der Waals surface area contributed by atoms with Gasteiger partial charge in [0.25, 0.3) is 5.91 Å². The number of fused-ring (bicyclic) bond motifs is 1. The van der Waals surface area contributed by atoms with Gasteiger partial charge in [-0.3, -0.25) is 9.59 Å². The van der Waals surface area contributed by atoms with E-state index < -0.39 is 0 Å². The Labute approximate surface area is 201 Å². The number of aromatic nitrogens is 1. The van der Waals surface area contributed by atoms with Gasteiger partial charge in [0.1, 0.15) is 0 Å². The van der Waals surface area contributed by atoms with Crippen LogP contribution in [0.5, 0.6) is 0 Å². The maximum atomic E-state index is 13.0. The van der Waals surface area contributed by atoms with Crippen LogP contribution in [0.25, 0.3) is 22.0 Å². The normalized spacial score (nSPS) is 21.3. The molecule has 2 fully saturated rings. The van der Waals surface area contributed by atoms with E-state index in [0.717, 1.165) is 59.8 Å². The Balaban J connectivity index is 1.31. The molecule has 1 heterocycles. The molecule has 34 heavy (non-hydrogen) atoms. The largest absolute Gasteiger partial charge is 0.361 e. The zero-order valence-electron chi connectivity index (χ0n) is 20.0. The first-order valence-corrected chi connectivity index (χ1v) is 12.9. The van der Waals surface area contributed by atoms with E-state index in [0.29, 0.717) is 11.5 Å². The summed E-state index contributed by atoms with van der Waals surface area (Å²) in [6.45, 7) is 2.23. The fraction of sp³-hybridized carbons (Fsp3) is 0.448. The SMILES string of the molecule is CC1CCCCC1NC(=O)c1ccc2[nH]cc(-c3ccc(NC(=O)C4CCCCC4)cc3)c2c1. The van der Waals surface area contributed by atoms with Gasteiger partial charge in [-0.15, -0.1) is 0 Å². The standard InChI is InChI=1S/C29H35N3O2/c1-19-7-5-6-10-26(19)32-29(34)22-13-16-27-24(17-22)25(18-30-27)20-11-14-23(15-12-20)31-28(33)21-8-3-2-4-9-21/h11-19,21,26,30H,2-10H2,1H3,(H,31,33)(H,32,34). The molecule has 0 saturated heterocycles. The van der Waals surface area contributed by atoms with Crippen molar-refractivity contribution in [2.75, 3.05) is 5.32 Å². The lowest BCUT2D eigenvalue weighted by molar-refractivity contribution is -0.120. The minimum atomic E-state index is 0.00794. The summed E-state index contributed by atoms with van der Waals surface area (Å²) in [4.78, 5) is 28.9. The van der Waals surface area contributed by atoms with Crippen molar-refractivity contribution in [2.24, 2.45) is 11.8 Å². The number of H-pyrrole nitrogens is 1. The number of carbonyl (C=O) groups is 2. The van der Waals surface area contributed by atoms with Crippen LogP contribution >= 0.6 is 0 Å². The van der Waals surface area contributed by atoms with E-state index in [2.05, 4.69) is 22.5 Å². The molecular formula is C29H35N3O2. The molecule has 2 aliphatic carbocycles. The van der Waals surface area contributed by atoms with Gasteiger partial charge in [0, 0.05) is 45.9 Å². The average Bonchev–Trinajstić information content (AvgIpc) is 3.30. The Morgan fingerprint density at radius 3 is 2.38 bits per heavy atom. The molecule has 5 heteroatoms. The quantitative estimate of drug-likeness (QED) is 0.401. The van der Waals surface area contributed by atoms with Gasteiger partial charge in [-0.25, -0.2) is 0 Å². The zero-order valence-corrected chi connectivity index (χ0v) is 20.0. The molecule has 2 aromatic carbocycles. The minimum absolute atomic E-state index is 0.00794. The van der Waals surface area contributed by atoms with Gasteiger partial charge < -0.3 is 15.6 Å². The van der Waals surface area contributed by atoms with E-state index in [9.17, 15) is 9.59 Å². The monoisotopic (exact) mass is 457 g/mol. The Morgan fingerprint density at radius 2 is 1.62 bits per heavy atom. The van der Waals surface area contributed by atoms with Crippen LogP contribution in [-0.2, 0) is 4.79 Å². The van der Waals surface area contributed by atoms with Crippen LogP contribution in [0.4, 0.5) is 5.69 Å². The summed E-state index contributed by atoms with van der Waals surface area (Å²) in [6, 6.07) is 14.1. The highest BCUT2D eigenvalue weighted by Crippen LogP contribution is 2.31. The molecule has 0 spiro atoms. The first-order chi connectivity index (χ1) is 16.6. The number of amides is 2. The third-order valence-electron chi connectivity index (χ3n) is 7.81. The molecular weight excluding hydrogens is 422 g/mol. The van der Waals surface area contributed by atoms with Gasteiger partial charge in [-0.2, -0.15) is 0 Å². The number of rotatable bonds is 5. The van der Waals surface area contributed by atoms with Crippen LogP contribution in [0, 0.1) is 11.8 Å². The summed E-state index contributed by atoms with van der Waals surface area (Å²) in [7, 11) is 0. The Hall–Kier alpha value is -3.08. The van der Waals surface area contributed by atoms with Gasteiger partial charge in [-0.05, 0) is 67.5 Å². The third-order valence-corrected chi connectivity index (χ3v) is 7.81. The number of hydrogen-bond acceptors (Lipinski definition) is 2. The lowest BCUT2D eigenvalue weighted by Gasteiger charge is -2.29. The maximum Gasteiger partial charge on any atom is 0.251 e. The van der Waals surface area contributed by atoms with Crippen LogP contribution in [0.2, 0.25) is 0 Å². The fourth-order valence-electron chi connectivity index (χ4n) is 5.63. The number of aromatic amines is 1. The third kappa shape index (κ3) is 4.89. The molecule has 2 atom stereocenters. The number of anilines is 1. The van der Waals surface area contributed by atoms with E-state index in [-0.39, 0.29) is 23.8 Å². The van der Waals surface area contributed by atoms with Gasteiger partial charge in [0.05, 0.1) is 0 Å². The van der Waals surface area contributed by atoms with Crippen molar-refractivity contribution in [1.82, 2.24) is 10.3 Å². The topological polar surface area (TPSA) is 74.0 Å². The number of benzene rings is 2. The number of carbonyl (C=O) groups excluding carboxylic acids is 2. The second-order valence-corrected chi connectivity index (χ2v) is 10.2. The van der Waals surface area contributed by atoms with Gasteiger partial charge >= 0.3 is 0 Å². The highest BCUT2D eigenvalue weighted by Gasteiger charge is 2.24. The number of nitrogens with one attached hydrogen (secondary N) is 3. The van der Waals surface area contributed by atoms with E-state index >= 15 is 0 Å². The molecule has 2 unspecified atom stereocenters. The Morgan fingerprint density at radius 1 is 0.882 bits per heavy atom. The second-order valence-electron chi connectivity index (χ2n) is 10.2. The van der Waals surface area contributed by atoms with Crippen molar-refractivity contribution in [3.63, 3.8) is 0 Å². The summed E-state index contributed by atoms with van der Waals surface area (Å²) >= 11 is 0. The van der Waals surface area contributed by atoms with Gasteiger partial charge in [0.2, 0.25) is 5.91 Å². The predicted octanol–water partition coefficient (Wildman–Crippen LogP) is 6.66. The van der Waals surface area contributed by atoms with Crippen molar-refractivity contribution in [3.8, 4) is 11.1 Å². The van der Waals surface area contributed by atoms with E-state index in [1.807, 2.05) is 48.7 Å². The first-order valence-electron chi connectivity index (χ1n) is 12.9. The molecule has 0 aliphatic heterocycles. The molecule has 0 bridgehead atoms. The van der Waals surface area contributed by atoms with Crippen LogP contribution in [0.1, 0.15) is 75.1 Å². The van der Waals surface area contributed by atoms with Gasteiger partial charge in [-0.1, -0.05) is 51.2 Å². The zero-order chi connectivity index (χ0) is 23.5. The molecule has 3 N–H and O–H groups in total. The Bertz CT molecular complexity index is 1160. The van der Waals surface area contributed by atoms with Crippen molar-refractivity contribution in [3.05, 3.63) is 54.2 Å². The molecule has 178 valence electrons. The van der Waals surface area contributed by atoms with Gasteiger partial charge in [0.15, 0.2) is 0 Å². The van der Waals surface area contributed by atoms with Crippen LogP contribution < -0.4 is 10.6 Å². The highest BCUT2D eigenvalue weighted by molar-refractivity contribution is 6.03. The van der Waals surface area contributed by atoms with Crippen LogP contribution in [0.3, 0.4) is 0 Å². The second kappa shape index (κ2) is 10.0. The summed E-state index contributed by atoms with van der Waals surface area (Å²) in [6.07, 6.45) is 12.2. The molecule has 5 rings (SSSR count). The summed E-state index contributed by atoms with van der Waals surface area (Å²) in [5.41, 5.74) is 4.65. The lowest BCUT2D eigenvalue weighted by atomic mass is 9.86. The lowest BCUT2D eigenvalue weighted by Crippen LogP contribution is -2.41. The molecule has 2 saturated carbocycles. The summed E-state index contributed by atoms with van der Waals surface area (Å²) in [5, 5.41) is 7.38. The van der Waals surface area contributed by atoms with Crippen LogP contribution in [0.15, 0.2) is 48.7 Å². The molecule has 2 amide bonds. The van der Waals surface area contributed by atoms with E-state index in [1.54, 1.807) is 0 Å². The highest BCUT2D eigenvalue weighted by atomic mass is 16.2. The molecule has 5 nitrogen and oxygen atoms in total. The summed E-state index contributed by atoms with van der Waals surface area (Å²) in [5.74, 6) is 0.820. The molecule has 2 aliphatic rings. The van der Waals surface area contributed by atoms with Crippen molar-refractivity contribution in [1.29, 1.82) is 0 Å². The molecule has 0 radical (unpaired) electrons. The Kier molecular flexibility index (Phi) is 6.70. The summed E-state index contributed by atoms with van der Waals surface area (Å²) < 4.78 is 0. The fourth-order valence-corrected chi connectivity index (χ4v) is 5.63. The number of hydrogen-bond donors (Lipinski definition) is 3. The maximum absolute atomic E-state index is 13.0. The van der Waals surface area contributed by atoms with Crippen molar-refractivity contribution >= 4 is 28.4 Å². The van der Waals surface area contributed by atoms with Crippen molar-refractivity contribution < 1.29 is 9.59 Å². The molecule has 1 aromatic heterocycles. The molecule has 3 aromatic rings.